The van der Waals surface area contributed by atoms with E-state index in [9.17, 15) is 8.42 Å². The van der Waals surface area contributed by atoms with E-state index in [1.807, 2.05) is 24.3 Å². The van der Waals surface area contributed by atoms with Crippen LogP contribution in [0.1, 0.15) is 18.1 Å². The number of pyridine rings is 1. The van der Waals surface area contributed by atoms with E-state index in [4.69, 9.17) is 0 Å². The van der Waals surface area contributed by atoms with Crippen molar-refractivity contribution >= 4 is 16.2 Å². The zero-order valence-electron chi connectivity index (χ0n) is 10.5. The van der Waals surface area contributed by atoms with Crippen molar-refractivity contribution in [1.82, 2.24) is 4.98 Å². The average Bonchev–Trinajstić information content (AvgIpc) is 2.47. The van der Waals surface area contributed by atoms with Gasteiger partial charge in [0, 0.05) is 12.4 Å². The van der Waals surface area contributed by atoms with Gasteiger partial charge in [0.1, 0.15) is 0 Å². The maximum absolute atomic E-state index is 11.9. The lowest BCUT2D eigenvalue weighted by atomic mass is 10.1. The minimum Gasteiger partial charge on any atom is -0.243 e. The van der Waals surface area contributed by atoms with Crippen LogP contribution in [0.25, 0.3) is 0 Å². The van der Waals surface area contributed by atoms with Crippen LogP contribution in [0.15, 0.2) is 58.1 Å². The number of hydrogen-bond acceptors (Lipinski definition) is 3. The third kappa shape index (κ3) is 3.48. The number of rotatable bonds is 4. The van der Waals surface area contributed by atoms with E-state index in [-0.39, 0.29) is 5.03 Å². The lowest BCUT2D eigenvalue weighted by Gasteiger charge is -1.98. The van der Waals surface area contributed by atoms with Crippen LogP contribution in [-0.4, -0.2) is 19.6 Å². The van der Waals surface area contributed by atoms with Crippen LogP contribution in [0.4, 0.5) is 0 Å². The predicted octanol–water partition coefficient (Wildman–Crippen LogP) is 2.45. The Kier molecular flexibility index (Phi) is 4.06. The zero-order chi connectivity index (χ0) is 13.7. The first-order valence-corrected chi connectivity index (χ1v) is 7.36. The molecule has 2 aromatic rings. The molecule has 0 atom stereocenters. The van der Waals surface area contributed by atoms with Gasteiger partial charge < -0.3 is 0 Å². The second kappa shape index (κ2) is 5.75. The molecule has 0 saturated heterocycles. The summed E-state index contributed by atoms with van der Waals surface area (Å²) >= 11 is 0. The van der Waals surface area contributed by atoms with Gasteiger partial charge in [0.25, 0.3) is 10.0 Å². The van der Waals surface area contributed by atoms with Crippen molar-refractivity contribution in [3.63, 3.8) is 0 Å². The lowest BCUT2D eigenvalue weighted by molar-refractivity contribution is 0.594. The second-order valence-electron chi connectivity index (χ2n) is 3.97. The summed E-state index contributed by atoms with van der Waals surface area (Å²) in [6, 6.07) is 12.3. The molecule has 4 nitrogen and oxygen atoms in total. The molecule has 19 heavy (non-hydrogen) atoms. The molecule has 0 saturated carbocycles. The Labute approximate surface area is 112 Å². The molecule has 0 fully saturated rings. The maximum Gasteiger partial charge on any atom is 0.299 e. The summed E-state index contributed by atoms with van der Waals surface area (Å²) in [4.78, 5) is 3.79. The fourth-order valence-electron chi connectivity index (χ4n) is 1.52. The van der Waals surface area contributed by atoms with Crippen molar-refractivity contribution in [3.05, 3.63) is 59.8 Å². The number of sulfonamides is 1. The summed E-state index contributed by atoms with van der Waals surface area (Å²) in [5.74, 6) is 0. The fourth-order valence-corrected chi connectivity index (χ4v) is 2.34. The molecule has 1 aromatic carbocycles. The van der Waals surface area contributed by atoms with Crippen LogP contribution in [-0.2, 0) is 16.4 Å². The molecular weight excluding hydrogens is 260 g/mol. The fraction of sp³-hybridized carbons (Fsp3) is 0.143. The zero-order valence-corrected chi connectivity index (χ0v) is 11.3. The average molecular weight is 274 g/mol. The first kappa shape index (κ1) is 13.4. The van der Waals surface area contributed by atoms with Crippen molar-refractivity contribution in [3.8, 4) is 0 Å². The molecule has 98 valence electrons. The van der Waals surface area contributed by atoms with E-state index in [1.54, 1.807) is 12.1 Å². The molecule has 0 amide bonds. The van der Waals surface area contributed by atoms with Gasteiger partial charge in [-0.05, 0) is 29.7 Å². The Morgan fingerprint density at radius 1 is 1.16 bits per heavy atom. The third-order valence-corrected chi connectivity index (χ3v) is 3.78. The van der Waals surface area contributed by atoms with Crippen molar-refractivity contribution in [1.29, 1.82) is 0 Å². The van der Waals surface area contributed by atoms with Crippen LogP contribution in [0.3, 0.4) is 0 Å². The van der Waals surface area contributed by atoms with Gasteiger partial charge in [-0.1, -0.05) is 37.3 Å². The number of hydrogen-bond donors (Lipinski definition) is 0. The first-order chi connectivity index (χ1) is 9.12. The molecule has 1 heterocycles. The normalized spacial score (nSPS) is 11.8. The first-order valence-electron chi connectivity index (χ1n) is 5.92. The molecule has 0 aliphatic rings. The van der Waals surface area contributed by atoms with Crippen LogP contribution >= 0.6 is 0 Å². The molecule has 0 bridgehead atoms. The SMILES string of the molecule is CCc1ccc(C=NS(=O)(=O)c2ccccn2)cc1. The summed E-state index contributed by atoms with van der Waals surface area (Å²) in [5.41, 5.74) is 1.95. The van der Waals surface area contributed by atoms with Gasteiger partial charge in [-0.25, -0.2) is 4.98 Å². The predicted molar refractivity (Wildman–Crippen MR) is 74.8 cm³/mol. The monoisotopic (exact) mass is 274 g/mol. The van der Waals surface area contributed by atoms with E-state index >= 15 is 0 Å². The van der Waals surface area contributed by atoms with E-state index in [0.29, 0.717) is 0 Å². The summed E-state index contributed by atoms with van der Waals surface area (Å²) in [7, 11) is -3.72. The minimum absolute atomic E-state index is 0.0450. The van der Waals surface area contributed by atoms with Gasteiger partial charge in [-0.3, -0.25) is 0 Å². The highest BCUT2D eigenvalue weighted by atomic mass is 32.2. The highest BCUT2D eigenvalue weighted by Crippen LogP contribution is 2.09. The van der Waals surface area contributed by atoms with E-state index in [2.05, 4.69) is 16.3 Å². The smallest absolute Gasteiger partial charge is 0.243 e. The third-order valence-electron chi connectivity index (χ3n) is 2.63. The van der Waals surface area contributed by atoms with Gasteiger partial charge in [0.2, 0.25) is 0 Å². The van der Waals surface area contributed by atoms with E-state index < -0.39 is 10.0 Å². The van der Waals surface area contributed by atoms with Crippen LogP contribution in [0.5, 0.6) is 0 Å². The Morgan fingerprint density at radius 3 is 2.47 bits per heavy atom. The van der Waals surface area contributed by atoms with E-state index in [0.717, 1.165) is 12.0 Å². The molecule has 0 N–H and O–H groups in total. The minimum atomic E-state index is -3.72. The van der Waals surface area contributed by atoms with Crippen LogP contribution in [0.2, 0.25) is 0 Å². The van der Waals surface area contributed by atoms with Gasteiger partial charge in [-0.15, -0.1) is 0 Å². The van der Waals surface area contributed by atoms with Gasteiger partial charge in [0.15, 0.2) is 5.03 Å². The molecule has 0 unspecified atom stereocenters. The molecule has 0 aliphatic heterocycles. The molecule has 0 aliphatic carbocycles. The van der Waals surface area contributed by atoms with Crippen molar-refractivity contribution in [2.45, 2.75) is 18.4 Å². The van der Waals surface area contributed by atoms with Gasteiger partial charge in [0.05, 0.1) is 0 Å². The summed E-state index contributed by atoms with van der Waals surface area (Å²) in [6.07, 6.45) is 3.71. The Balaban J connectivity index is 2.22. The summed E-state index contributed by atoms with van der Waals surface area (Å²) in [6.45, 7) is 2.06. The highest BCUT2D eigenvalue weighted by Gasteiger charge is 2.11. The quantitative estimate of drug-likeness (QED) is 0.805. The molecule has 0 radical (unpaired) electrons. The summed E-state index contributed by atoms with van der Waals surface area (Å²) in [5, 5.41) is -0.0450. The summed E-state index contributed by atoms with van der Waals surface area (Å²) < 4.78 is 27.4. The van der Waals surface area contributed by atoms with Crippen molar-refractivity contribution < 1.29 is 8.42 Å². The maximum atomic E-state index is 11.9. The number of nitrogens with zero attached hydrogens (tertiary/aromatic N) is 2. The lowest BCUT2D eigenvalue weighted by Crippen LogP contribution is -2.00. The largest absolute Gasteiger partial charge is 0.299 e. The van der Waals surface area contributed by atoms with Crippen LogP contribution < -0.4 is 0 Å². The standard InChI is InChI=1S/C14H14N2O2S/c1-2-12-6-8-13(9-7-12)11-16-19(17,18)14-5-3-4-10-15-14/h3-11H,2H2,1H3. The number of aromatic nitrogens is 1. The Morgan fingerprint density at radius 2 is 1.89 bits per heavy atom. The second-order valence-corrected chi connectivity index (χ2v) is 5.55. The highest BCUT2D eigenvalue weighted by molar-refractivity contribution is 7.90. The Hall–Kier alpha value is -2.01. The van der Waals surface area contributed by atoms with Crippen molar-refractivity contribution in [2.75, 3.05) is 0 Å². The molecule has 0 spiro atoms. The molecule has 2 rings (SSSR count). The van der Waals surface area contributed by atoms with Gasteiger partial charge in [-0.2, -0.15) is 12.8 Å². The Bertz CT molecular complexity index is 662. The van der Waals surface area contributed by atoms with Crippen LogP contribution in [0, 0.1) is 0 Å². The molecule has 1 aromatic heterocycles. The topological polar surface area (TPSA) is 59.4 Å². The number of benzene rings is 1. The number of aryl methyl sites for hydroxylation is 1. The van der Waals surface area contributed by atoms with E-state index in [1.165, 1.54) is 24.0 Å². The molecular formula is C14H14N2O2S. The molecule has 5 heteroatoms. The van der Waals surface area contributed by atoms with Gasteiger partial charge >= 0.3 is 0 Å². The van der Waals surface area contributed by atoms with Crippen molar-refractivity contribution in [2.24, 2.45) is 4.40 Å².